The summed E-state index contributed by atoms with van der Waals surface area (Å²) in [5.74, 6) is 1.59. The summed E-state index contributed by atoms with van der Waals surface area (Å²) in [7, 11) is 1.92. The normalized spacial score (nSPS) is 10.8. The topological polar surface area (TPSA) is 28.4 Å². The van der Waals surface area contributed by atoms with Crippen LogP contribution >= 0.6 is 0 Å². The minimum absolute atomic E-state index is 0.224. The van der Waals surface area contributed by atoms with Crippen LogP contribution in [0.25, 0.3) is 0 Å². The minimum Gasteiger partial charge on any atom is -0.463 e. The number of furan rings is 1. The molecule has 2 aromatic rings. The van der Waals surface area contributed by atoms with Crippen molar-refractivity contribution in [2.45, 2.75) is 26.4 Å². The van der Waals surface area contributed by atoms with Crippen molar-refractivity contribution in [3.8, 4) is 0 Å². The van der Waals surface area contributed by atoms with Gasteiger partial charge in [0, 0.05) is 12.7 Å². The van der Waals surface area contributed by atoms with Gasteiger partial charge in [-0.15, -0.1) is 0 Å². The zero-order valence-corrected chi connectivity index (χ0v) is 12.0. The molecule has 0 unspecified atom stereocenters. The van der Waals surface area contributed by atoms with E-state index in [9.17, 15) is 4.39 Å². The van der Waals surface area contributed by atoms with Crippen LogP contribution in [-0.4, -0.2) is 13.6 Å². The van der Waals surface area contributed by atoms with Crippen molar-refractivity contribution in [2.24, 2.45) is 0 Å². The second kappa shape index (κ2) is 7.10. The summed E-state index contributed by atoms with van der Waals surface area (Å²) in [6.45, 7) is 4.49. The van der Waals surface area contributed by atoms with Gasteiger partial charge in [0.05, 0.1) is 13.1 Å². The predicted octanol–water partition coefficient (Wildman–Crippen LogP) is 3.55. The van der Waals surface area contributed by atoms with E-state index in [0.29, 0.717) is 6.54 Å². The average molecular weight is 276 g/mol. The number of anilines is 1. The SMILES string of the molecule is CCCNCc1ccc(CN(C)c2cccc(F)c2)o1. The molecule has 0 saturated heterocycles. The average Bonchev–Trinajstić information content (AvgIpc) is 2.86. The zero-order chi connectivity index (χ0) is 14.4. The Bertz CT molecular complexity index is 539. The highest BCUT2D eigenvalue weighted by atomic mass is 19.1. The summed E-state index contributed by atoms with van der Waals surface area (Å²) in [6, 6.07) is 10.5. The van der Waals surface area contributed by atoms with E-state index in [1.165, 1.54) is 12.1 Å². The third-order valence-electron chi connectivity index (χ3n) is 3.09. The maximum atomic E-state index is 13.2. The largest absolute Gasteiger partial charge is 0.463 e. The Morgan fingerprint density at radius 3 is 2.75 bits per heavy atom. The lowest BCUT2D eigenvalue weighted by atomic mass is 10.3. The molecule has 4 heteroatoms. The second-order valence-corrected chi connectivity index (χ2v) is 4.88. The highest BCUT2D eigenvalue weighted by Crippen LogP contribution is 2.17. The summed E-state index contributed by atoms with van der Waals surface area (Å²) in [4.78, 5) is 1.96. The van der Waals surface area contributed by atoms with Gasteiger partial charge >= 0.3 is 0 Å². The van der Waals surface area contributed by atoms with E-state index in [4.69, 9.17) is 4.42 Å². The molecular formula is C16H21FN2O. The van der Waals surface area contributed by atoms with Crippen molar-refractivity contribution in [1.29, 1.82) is 0 Å². The summed E-state index contributed by atoms with van der Waals surface area (Å²) in [5, 5.41) is 3.30. The van der Waals surface area contributed by atoms with Gasteiger partial charge in [0.25, 0.3) is 0 Å². The number of nitrogens with one attached hydrogen (secondary N) is 1. The molecule has 0 amide bonds. The van der Waals surface area contributed by atoms with E-state index in [-0.39, 0.29) is 5.82 Å². The van der Waals surface area contributed by atoms with Crippen molar-refractivity contribution in [3.05, 3.63) is 53.7 Å². The van der Waals surface area contributed by atoms with Crippen LogP contribution in [0.3, 0.4) is 0 Å². The Balaban J connectivity index is 1.92. The highest BCUT2D eigenvalue weighted by molar-refractivity contribution is 5.45. The molecule has 1 aromatic carbocycles. The highest BCUT2D eigenvalue weighted by Gasteiger charge is 2.07. The molecule has 0 aliphatic carbocycles. The summed E-state index contributed by atoms with van der Waals surface area (Å²) in [5.41, 5.74) is 0.840. The molecule has 0 aliphatic rings. The lowest BCUT2D eigenvalue weighted by molar-refractivity contribution is 0.446. The number of rotatable bonds is 7. The number of nitrogens with zero attached hydrogens (tertiary/aromatic N) is 1. The molecule has 20 heavy (non-hydrogen) atoms. The molecule has 1 aromatic heterocycles. The first-order valence-corrected chi connectivity index (χ1v) is 6.94. The monoisotopic (exact) mass is 276 g/mol. The van der Waals surface area contributed by atoms with Gasteiger partial charge < -0.3 is 14.6 Å². The summed E-state index contributed by atoms with van der Waals surface area (Å²) in [6.07, 6.45) is 1.11. The molecule has 0 fully saturated rings. The minimum atomic E-state index is -0.224. The van der Waals surface area contributed by atoms with Gasteiger partial charge in [-0.3, -0.25) is 0 Å². The smallest absolute Gasteiger partial charge is 0.125 e. The Labute approximate surface area is 119 Å². The number of hydrogen-bond acceptors (Lipinski definition) is 3. The van der Waals surface area contributed by atoms with Gasteiger partial charge in [0.15, 0.2) is 0 Å². The quantitative estimate of drug-likeness (QED) is 0.784. The standard InChI is InChI=1S/C16H21FN2O/c1-3-9-18-11-15-7-8-16(20-15)12-19(2)14-6-4-5-13(17)10-14/h4-8,10,18H,3,9,11-12H2,1-2H3. The first-order valence-electron chi connectivity index (χ1n) is 6.94. The molecule has 1 N–H and O–H groups in total. The van der Waals surface area contributed by atoms with E-state index in [0.717, 1.165) is 36.7 Å². The first kappa shape index (κ1) is 14.6. The molecule has 0 saturated carbocycles. The Morgan fingerprint density at radius 1 is 1.20 bits per heavy atom. The summed E-state index contributed by atoms with van der Waals surface area (Å²) >= 11 is 0. The molecule has 2 rings (SSSR count). The maximum absolute atomic E-state index is 13.2. The fourth-order valence-electron chi connectivity index (χ4n) is 2.03. The Kier molecular flexibility index (Phi) is 5.18. The van der Waals surface area contributed by atoms with Crippen LogP contribution in [0.4, 0.5) is 10.1 Å². The van der Waals surface area contributed by atoms with Crippen molar-refractivity contribution < 1.29 is 8.81 Å². The van der Waals surface area contributed by atoms with Crippen molar-refractivity contribution in [1.82, 2.24) is 5.32 Å². The predicted molar refractivity (Wildman–Crippen MR) is 79.2 cm³/mol. The van der Waals surface area contributed by atoms with Gasteiger partial charge in [-0.05, 0) is 43.3 Å². The van der Waals surface area contributed by atoms with Crippen LogP contribution in [0.15, 0.2) is 40.8 Å². The Hall–Kier alpha value is -1.81. The van der Waals surface area contributed by atoms with E-state index in [1.54, 1.807) is 6.07 Å². The molecule has 0 atom stereocenters. The number of benzene rings is 1. The third-order valence-corrected chi connectivity index (χ3v) is 3.09. The van der Waals surface area contributed by atoms with Crippen LogP contribution in [0.1, 0.15) is 24.9 Å². The first-order chi connectivity index (χ1) is 9.69. The molecule has 0 bridgehead atoms. The van der Waals surface area contributed by atoms with Gasteiger partial charge in [-0.1, -0.05) is 13.0 Å². The van der Waals surface area contributed by atoms with Crippen molar-refractivity contribution in [2.75, 3.05) is 18.5 Å². The van der Waals surface area contributed by atoms with Crippen molar-refractivity contribution >= 4 is 5.69 Å². The van der Waals surface area contributed by atoms with Crippen molar-refractivity contribution in [3.63, 3.8) is 0 Å². The Morgan fingerprint density at radius 2 is 2.00 bits per heavy atom. The van der Waals surface area contributed by atoms with Crippen LogP contribution in [0.2, 0.25) is 0 Å². The van der Waals surface area contributed by atoms with Gasteiger partial charge in [0.2, 0.25) is 0 Å². The molecule has 3 nitrogen and oxygen atoms in total. The van der Waals surface area contributed by atoms with E-state index < -0.39 is 0 Å². The van der Waals surface area contributed by atoms with E-state index in [2.05, 4.69) is 12.2 Å². The molecule has 0 aliphatic heterocycles. The fraction of sp³-hybridized carbons (Fsp3) is 0.375. The fourth-order valence-corrected chi connectivity index (χ4v) is 2.03. The second-order valence-electron chi connectivity index (χ2n) is 4.88. The van der Waals surface area contributed by atoms with E-state index >= 15 is 0 Å². The van der Waals surface area contributed by atoms with Crippen LogP contribution in [0.5, 0.6) is 0 Å². The van der Waals surface area contributed by atoms with Crippen LogP contribution in [0, 0.1) is 5.82 Å². The van der Waals surface area contributed by atoms with Crippen LogP contribution in [-0.2, 0) is 13.1 Å². The maximum Gasteiger partial charge on any atom is 0.125 e. The number of halogens is 1. The number of hydrogen-bond donors (Lipinski definition) is 1. The molecule has 0 spiro atoms. The zero-order valence-electron chi connectivity index (χ0n) is 12.0. The molecule has 108 valence electrons. The summed E-state index contributed by atoms with van der Waals surface area (Å²) < 4.78 is 18.9. The van der Waals surface area contributed by atoms with E-state index in [1.807, 2.05) is 30.1 Å². The van der Waals surface area contributed by atoms with Gasteiger partial charge in [-0.25, -0.2) is 4.39 Å². The lowest BCUT2D eigenvalue weighted by Crippen LogP contribution is -2.16. The molecule has 0 radical (unpaired) electrons. The van der Waals surface area contributed by atoms with Gasteiger partial charge in [-0.2, -0.15) is 0 Å². The van der Waals surface area contributed by atoms with Crippen LogP contribution < -0.4 is 10.2 Å². The molecular weight excluding hydrogens is 255 g/mol. The van der Waals surface area contributed by atoms with Gasteiger partial charge in [0.1, 0.15) is 17.3 Å². The third kappa shape index (κ3) is 4.10. The lowest BCUT2D eigenvalue weighted by Gasteiger charge is -2.17. The molecule has 1 heterocycles.